The molecule has 0 amide bonds. The van der Waals surface area contributed by atoms with E-state index < -0.39 is 18.1 Å². The van der Waals surface area contributed by atoms with Crippen LogP contribution in [0.4, 0.5) is 0 Å². The van der Waals surface area contributed by atoms with Crippen LogP contribution in [0.1, 0.15) is 155 Å². The number of quaternary nitrogens is 1. The Morgan fingerprint density at radius 2 is 1.00 bits per heavy atom. The minimum absolute atomic E-state index is 0.0265. The number of carboxylic acid groups (broad SMARTS) is 1. The zero-order valence-corrected chi connectivity index (χ0v) is 36.8. The Morgan fingerprint density at radius 3 is 1.53 bits per heavy atom. The van der Waals surface area contributed by atoms with Crippen molar-refractivity contribution in [2.45, 2.75) is 167 Å². The summed E-state index contributed by atoms with van der Waals surface area (Å²) in [5.41, 5.74) is 0. The van der Waals surface area contributed by atoms with Gasteiger partial charge >= 0.3 is 17.9 Å². The molecule has 0 saturated heterocycles. The summed E-state index contributed by atoms with van der Waals surface area (Å²) in [6, 6.07) is -0.632. The Hall–Kier alpha value is -3.49. The third kappa shape index (κ3) is 37.8. The molecule has 0 saturated carbocycles. The standard InChI is InChI=1S/C49H81NO7/c1-6-8-10-12-14-16-18-20-21-22-23-24-25-26-28-29-31-33-35-37-39-47(51)56-44-45(43-55-42-41-46(49(53)54)50(3,4)5)57-48(52)40-38-36-34-32-30-27-19-17-15-13-11-9-7-2/h9,11,13,15-21,27,30,32,34,45-46H,6-8,10,12,14,22-26,28-29,31,33,35-44H2,1-5H3/p+1/b11-9+,15-13+,18-16+,19-17+,21-20+,30-27+,34-32+. The van der Waals surface area contributed by atoms with Crippen LogP contribution < -0.4 is 0 Å². The summed E-state index contributed by atoms with van der Waals surface area (Å²) in [6.07, 6.45) is 50.7. The van der Waals surface area contributed by atoms with Gasteiger partial charge in [0, 0.05) is 19.3 Å². The summed E-state index contributed by atoms with van der Waals surface area (Å²) in [6.45, 7) is 4.47. The monoisotopic (exact) mass is 797 g/mol. The Balaban J connectivity index is 4.39. The van der Waals surface area contributed by atoms with Crippen LogP contribution in [0.15, 0.2) is 85.1 Å². The van der Waals surface area contributed by atoms with E-state index in [4.69, 9.17) is 14.2 Å². The molecule has 0 heterocycles. The molecule has 57 heavy (non-hydrogen) atoms. The highest BCUT2D eigenvalue weighted by Crippen LogP contribution is 2.14. The molecule has 1 N–H and O–H groups in total. The van der Waals surface area contributed by atoms with E-state index in [9.17, 15) is 19.5 Å². The number of carbonyl (C=O) groups excluding carboxylic acids is 2. The molecule has 0 aliphatic carbocycles. The molecule has 2 atom stereocenters. The van der Waals surface area contributed by atoms with Crippen LogP contribution in [0.25, 0.3) is 0 Å². The third-order valence-electron chi connectivity index (χ3n) is 9.43. The fourth-order valence-corrected chi connectivity index (χ4v) is 5.99. The number of carbonyl (C=O) groups is 3. The predicted molar refractivity (Wildman–Crippen MR) is 238 cm³/mol. The topological polar surface area (TPSA) is 99.1 Å². The quantitative estimate of drug-likeness (QED) is 0.0287. The average molecular weight is 797 g/mol. The third-order valence-corrected chi connectivity index (χ3v) is 9.43. The molecule has 0 aliphatic rings. The van der Waals surface area contributed by atoms with E-state index in [0.29, 0.717) is 19.3 Å². The minimum atomic E-state index is -0.891. The fourth-order valence-electron chi connectivity index (χ4n) is 5.99. The zero-order valence-electron chi connectivity index (χ0n) is 36.8. The molecule has 8 heteroatoms. The highest BCUT2D eigenvalue weighted by atomic mass is 16.6. The highest BCUT2D eigenvalue weighted by Gasteiger charge is 2.31. The lowest BCUT2D eigenvalue weighted by atomic mass is 10.1. The SMILES string of the molecule is CC/C=C/C=C/C=C/C=C/C=C/CCCC(=O)OC(COCCC(C(=O)O)[N+](C)(C)C)COC(=O)CCCCCCCCCCCC/C=C/C=C/CCCCCC. The molecule has 0 spiro atoms. The maximum atomic E-state index is 12.7. The number of unbranched alkanes of at least 4 members (excludes halogenated alkanes) is 15. The smallest absolute Gasteiger partial charge is 0.362 e. The highest BCUT2D eigenvalue weighted by molar-refractivity contribution is 5.72. The van der Waals surface area contributed by atoms with Gasteiger partial charge < -0.3 is 23.8 Å². The van der Waals surface area contributed by atoms with Crippen molar-refractivity contribution in [2.24, 2.45) is 0 Å². The summed E-state index contributed by atoms with van der Waals surface area (Å²) >= 11 is 0. The first-order valence-corrected chi connectivity index (χ1v) is 22.2. The van der Waals surface area contributed by atoms with E-state index in [1.54, 1.807) is 0 Å². The van der Waals surface area contributed by atoms with Gasteiger partial charge in [-0.25, -0.2) is 4.79 Å². The molecule has 0 aromatic carbocycles. The molecule has 0 fully saturated rings. The Labute approximate surface area is 348 Å². The number of hydrogen-bond acceptors (Lipinski definition) is 6. The number of likely N-dealkylation sites (N-methyl/N-ethyl adjacent to an activating group) is 1. The van der Waals surface area contributed by atoms with Gasteiger partial charge in [-0.1, -0.05) is 170 Å². The van der Waals surface area contributed by atoms with Gasteiger partial charge in [0.15, 0.2) is 12.1 Å². The second-order valence-electron chi connectivity index (χ2n) is 15.7. The largest absolute Gasteiger partial charge is 0.477 e. The van der Waals surface area contributed by atoms with Crippen molar-refractivity contribution >= 4 is 17.9 Å². The van der Waals surface area contributed by atoms with E-state index in [-0.39, 0.29) is 42.7 Å². The second-order valence-corrected chi connectivity index (χ2v) is 15.7. The summed E-state index contributed by atoms with van der Waals surface area (Å²) in [7, 11) is 5.49. The number of allylic oxidation sites excluding steroid dienone is 14. The summed E-state index contributed by atoms with van der Waals surface area (Å²) < 4.78 is 17.2. The van der Waals surface area contributed by atoms with Crippen molar-refractivity contribution < 1.29 is 38.2 Å². The molecule has 0 aliphatic heterocycles. The van der Waals surface area contributed by atoms with Crippen LogP contribution in [0.5, 0.6) is 0 Å². The number of carboxylic acids is 1. The first kappa shape index (κ1) is 53.5. The van der Waals surface area contributed by atoms with Crippen molar-refractivity contribution in [2.75, 3.05) is 41.0 Å². The molecule has 0 rings (SSSR count). The molecule has 0 bridgehead atoms. The molecule has 0 radical (unpaired) electrons. The van der Waals surface area contributed by atoms with Crippen LogP contribution in [-0.2, 0) is 28.6 Å². The van der Waals surface area contributed by atoms with Crippen molar-refractivity contribution in [1.82, 2.24) is 0 Å². The summed E-state index contributed by atoms with van der Waals surface area (Å²) in [5.74, 6) is -1.58. The van der Waals surface area contributed by atoms with Gasteiger partial charge in [0.25, 0.3) is 0 Å². The number of aliphatic carboxylic acids is 1. The van der Waals surface area contributed by atoms with Crippen molar-refractivity contribution in [1.29, 1.82) is 0 Å². The van der Waals surface area contributed by atoms with E-state index in [0.717, 1.165) is 32.1 Å². The zero-order chi connectivity index (χ0) is 42.1. The maximum absolute atomic E-state index is 12.7. The molecular formula is C49H82NO7+. The van der Waals surface area contributed by atoms with Gasteiger partial charge in [0.05, 0.1) is 34.4 Å². The van der Waals surface area contributed by atoms with Crippen LogP contribution >= 0.6 is 0 Å². The Morgan fingerprint density at radius 1 is 0.544 bits per heavy atom. The fraction of sp³-hybridized carbons (Fsp3) is 0.653. The van der Waals surface area contributed by atoms with Crippen molar-refractivity contribution in [3.63, 3.8) is 0 Å². The predicted octanol–water partition coefficient (Wildman–Crippen LogP) is 12.1. The molecule has 8 nitrogen and oxygen atoms in total. The van der Waals surface area contributed by atoms with Crippen LogP contribution in [0, 0.1) is 0 Å². The first-order valence-electron chi connectivity index (χ1n) is 22.2. The number of nitrogens with zero attached hydrogens (tertiary/aromatic N) is 1. The Kier molecular flexibility index (Phi) is 36.9. The maximum Gasteiger partial charge on any atom is 0.362 e. The lowest BCUT2D eigenvalue weighted by Crippen LogP contribution is -2.50. The number of hydrogen-bond donors (Lipinski definition) is 1. The lowest BCUT2D eigenvalue weighted by Gasteiger charge is -2.31. The van der Waals surface area contributed by atoms with Gasteiger partial charge in [-0.05, 0) is 51.4 Å². The van der Waals surface area contributed by atoms with Crippen molar-refractivity contribution in [3.05, 3.63) is 85.1 Å². The molecule has 324 valence electrons. The van der Waals surface area contributed by atoms with E-state index in [1.807, 2.05) is 75.8 Å². The summed E-state index contributed by atoms with van der Waals surface area (Å²) in [5, 5.41) is 9.61. The van der Waals surface area contributed by atoms with Crippen LogP contribution in [-0.4, -0.2) is 80.6 Å². The van der Waals surface area contributed by atoms with Gasteiger partial charge in [-0.3, -0.25) is 9.59 Å². The average Bonchev–Trinajstić information content (AvgIpc) is 3.17. The normalized spacial score (nSPS) is 13.8. The molecule has 2 unspecified atom stereocenters. The van der Waals surface area contributed by atoms with Crippen LogP contribution in [0.3, 0.4) is 0 Å². The van der Waals surface area contributed by atoms with Gasteiger partial charge in [-0.2, -0.15) is 0 Å². The molecule has 0 aromatic rings. The summed E-state index contributed by atoms with van der Waals surface area (Å²) in [4.78, 5) is 36.9. The van der Waals surface area contributed by atoms with Crippen molar-refractivity contribution in [3.8, 4) is 0 Å². The number of esters is 2. The van der Waals surface area contributed by atoms with Gasteiger partial charge in [-0.15, -0.1) is 0 Å². The van der Waals surface area contributed by atoms with Gasteiger partial charge in [0.2, 0.25) is 0 Å². The second kappa shape index (κ2) is 39.3. The first-order chi connectivity index (χ1) is 27.6. The number of rotatable bonds is 38. The lowest BCUT2D eigenvalue weighted by molar-refractivity contribution is -0.887. The van der Waals surface area contributed by atoms with Gasteiger partial charge in [0.1, 0.15) is 6.61 Å². The number of ether oxygens (including phenoxy) is 3. The van der Waals surface area contributed by atoms with E-state index >= 15 is 0 Å². The minimum Gasteiger partial charge on any atom is -0.477 e. The molecular weight excluding hydrogens is 715 g/mol. The van der Waals surface area contributed by atoms with Crippen LogP contribution in [0.2, 0.25) is 0 Å². The Bertz CT molecular complexity index is 1200. The van der Waals surface area contributed by atoms with E-state index in [1.165, 1.54) is 83.5 Å². The molecule has 0 aromatic heterocycles. The van der Waals surface area contributed by atoms with E-state index in [2.05, 4.69) is 44.2 Å².